The van der Waals surface area contributed by atoms with Gasteiger partial charge < -0.3 is 19.0 Å². The summed E-state index contributed by atoms with van der Waals surface area (Å²) in [5.74, 6) is -2.25. The van der Waals surface area contributed by atoms with Crippen molar-refractivity contribution >= 4 is 45.1 Å². The van der Waals surface area contributed by atoms with Gasteiger partial charge in [0.2, 0.25) is 5.78 Å². The number of furan rings is 1. The molecule has 0 saturated heterocycles. The van der Waals surface area contributed by atoms with Crippen molar-refractivity contribution < 1.29 is 33.4 Å². The summed E-state index contributed by atoms with van der Waals surface area (Å²) in [5.41, 5.74) is 1.69. The maximum Gasteiger partial charge on any atom is 0.337 e. The van der Waals surface area contributed by atoms with Gasteiger partial charge in [-0.05, 0) is 36.8 Å². The molecule has 0 fully saturated rings. The van der Waals surface area contributed by atoms with Crippen LogP contribution < -0.4 is 9.64 Å². The molecule has 1 aliphatic rings. The van der Waals surface area contributed by atoms with Crippen molar-refractivity contribution in [3.05, 3.63) is 87.8 Å². The molecular formula is C26H20N2O7S. The molecule has 0 aliphatic carbocycles. The van der Waals surface area contributed by atoms with E-state index in [1.54, 1.807) is 48.7 Å². The molecule has 4 aromatic rings. The number of methoxy groups -OCH3 is 2. The smallest absolute Gasteiger partial charge is 0.337 e. The summed E-state index contributed by atoms with van der Waals surface area (Å²) in [4.78, 5) is 44.6. The number of hydrogen-bond donors (Lipinski definition) is 1. The van der Waals surface area contributed by atoms with Gasteiger partial charge in [-0.25, -0.2) is 9.78 Å². The number of fused-ring (bicyclic) bond motifs is 1. The van der Waals surface area contributed by atoms with Gasteiger partial charge in [-0.1, -0.05) is 24.3 Å². The number of amides is 1. The van der Waals surface area contributed by atoms with Gasteiger partial charge in [-0.2, -0.15) is 0 Å². The third kappa shape index (κ3) is 3.72. The van der Waals surface area contributed by atoms with E-state index >= 15 is 0 Å². The number of esters is 1. The molecule has 1 atom stereocenters. The highest BCUT2D eigenvalue weighted by Gasteiger charge is 2.46. The van der Waals surface area contributed by atoms with Gasteiger partial charge in [0, 0.05) is 10.8 Å². The highest BCUT2D eigenvalue weighted by molar-refractivity contribution is 7.14. The lowest BCUT2D eigenvalue weighted by Crippen LogP contribution is -2.31. The van der Waals surface area contributed by atoms with Crippen molar-refractivity contribution in [2.24, 2.45) is 0 Å². The number of aliphatic hydroxyl groups is 1. The first-order valence-corrected chi connectivity index (χ1v) is 11.7. The van der Waals surface area contributed by atoms with E-state index in [2.05, 4.69) is 4.98 Å². The lowest BCUT2D eigenvalue weighted by atomic mass is 9.94. The Morgan fingerprint density at radius 3 is 2.53 bits per heavy atom. The topological polar surface area (TPSA) is 119 Å². The molecule has 5 rings (SSSR count). The number of hydrogen-bond acceptors (Lipinski definition) is 9. The summed E-state index contributed by atoms with van der Waals surface area (Å²) in [6.45, 7) is 1.78. The zero-order valence-corrected chi connectivity index (χ0v) is 20.3. The summed E-state index contributed by atoms with van der Waals surface area (Å²) >= 11 is 1.21. The van der Waals surface area contributed by atoms with Crippen molar-refractivity contribution in [3.63, 3.8) is 0 Å². The number of Topliss-reactive ketones (excluding diaryl/α,β-unsaturated/α-hetero) is 1. The summed E-state index contributed by atoms with van der Waals surface area (Å²) < 4.78 is 15.9. The van der Waals surface area contributed by atoms with E-state index in [-0.39, 0.29) is 11.3 Å². The number of carbonyl (C=O) groups is 3. The number of aliphatic hydroxyl groups excluding tert-OH is 1. The van der Waals surface area contributed by atoms with Crippen LogP contribution in [0.15, 0.2) is 69.7 Å². The molecule has 2 aromatic heterocycles. The van der Waals surface area contributed by atoms with Crippen LogP contribution in [0.3, 0.4) is 0 Å². The molecule has 182 valence electrons. The zero-order chi connectivity index (χ0) is 25.6. The number of aryl methyl sites for hydroxylation is 1. The fourth-order valence-corrected chi connectivity index (χ4v) is 4.99. The van der Waals surface area contributed by atoms with Crippen molar-refractivity contribution in [1.82, 2.24) is 4.98 Å². The van der Waals surface area contributed by atoms with Gasteiger partial charge in [-0.3, -0.25) is 14.5 Å². The number of thiazole rings is 1. The number of nitrogens with zero attached hydrogens (tertiary/aromatic N) is 2. The third-order valence-electron chi connectivity index (χ3n) is 5.86. The minimum absolute atomic E-state index is 0.0581. The quantitative estimate of drug-likeness (QED) is 0.294. The molecule has 0 spiro atoms. The Morgan fingerprint density at radius 1 is 1.14 bits per heavy atom. The maximum absolute atomic E-state index is 13.7. The maximum atomic E-state index is 13.7. The van der Waals surface area contributed by atoms with E-state index in [4.69, 9.17) is 13.9 Å². The Kier molecular flexibility index (Phi) is 5.81. The number of ether oxygens (including phenoxy) is 2. The number of anilines is 1. The molecule has 0 radical (unpaired) electrons. The Labute approximate surface area is 209 Å². The van der Waals surface area contributed by atoms with E-state index in [1.165, 1.54) is 42.6 Å². The summed E-state index contributed by atoms with van der Waals surface area (Å²) in [6, 6.07) is 12.0. The standard InChI is InChI=1S/C26H20N2O7S/c1-13-12-36-26(27-13)28-20(14-7-9-15(10-8-14)25(32)34-3)19(22(30)24(28)31)21(29)18-11-16-5-4-6-17(33-2)23(16)35-18/h4-12,20,30H,1-3H3. The lowest BCUT2D eigenvalue weighted by molar-refractivity contribution is -0.117. The van der Waals surface area contributed by atoms with Gasteiger partial charge in [0.1, 0.15) is 0 Å². The van der Waals surface area contributed by atoms with Gasteiger partial charge >= 0.3 is 5.97 Å². The predicted octanol–water partition coefficient (Wildman–Crippen LogP) is 4.78. The monoisotopic (exact) mass is 504 g/mol. The van der Waals surface area contributed by atoms with Crippen LogP contribution in [0.1, 0.15) is 38.2 Å². The Morgan fingerprint density at radius 2 is 1.89 bits per heavy atom. The second-order valence-electron chi connectivity index (χ2n) is 8.04. The van der Waals surface area contributed by atoms with E-state index in [9.17, 15) is 19.5 Å². The second-order valence-corrected chi connectivity index (χ2v) is 8.88. The molecule has 3 heterocycles. The molecule has 1 N–H and O–H groups in total. The van der Waals surface area contributed by atoms with Crippen LogP contribution in [0.4, 0.5) is 5.13 Å². The number of carbonyl (C=O) groups excluding carboxylic acids is 3. The first kappa shape index (κ1) is 23.3. The fraction of sp³-hybridized carbons (Fsp3) is 0.154. The number of aromatic nitrogens is 1. The molecule has 36 heavy (non-hydrogen) atoms. The van der Waals surface area contributed by atoms with Gasteiger partial charge in [-0.15, -0.1) is 11.3 Å². The summed E-state index contributed by atoms with van der Waals surface area (Å²) in [6.07, 6.45) is 0. The van der Waals surface area contributed by atoms with Gasteiger partial charge in [0.15, 0.2) is 28.0 Å². The van der Waals surface area contributed by atoms with E-state index in [1.807, 2.05) is 0 Å². The molecule has 0 bridgehead atoms. The highest BCUT2D eigenvalue weighted by atomic mass is 32.1. The van der Waals surface area contributed by atoms with Crippen LogP contribution in [0.5, 0.6) is 5.75 Å². The summed E-state index contributed by atoms with van der Waals surface area (Å²) in [7, 11) is 2.77. The summed E-state index contributed by atoms with van der Waals surface area (Å²) in [5, 5.41) is 13.6. The minimum Gasteiger partial charge on any atom is -0.503 e. The van der Waals surface area contributed by atoms with Crippen LogP contribution in [0.2, 0.25) is 0 Å². The van der Waals surface area contributed by atoms with Gasteiger partial charge in [0.05, 0.1) is 37.1 Å². The Hall–Kier alpha value is -4.44. The Balaban J connectivity index is 1.64. The lowest BCUT2D eigenvalue weighted by Gasteiger charge is -2.24. The largest absolute Gasteiger partial charge is 0.503 e. The second kappa shape index (κ2) is 8.97. The number of ketones is 1. The van der Waals surface area contributed by atoms with E-state index < -0.39 is 29.5 Å². The first-order valence-electron chi connectivity index (χ1n) is 10.8. The highest BCUT2D eigenvalue weighted by Crippen LogP contribution is 2.43. The van der Waals surface area contributed by atoms with Crippen LogP contribution in [-0.4, -0.2) is 42.0 Å². The van der Waals surface area contributed by atoms with Crippen LogP contribution in [0.25, 0.3) is 11.0 Å². The van der Waals surface area contributed by atoms with Crippen LogP contribution in [-0.2, 0) is 9.53 Å². The molecule has 1 aliphatic heterocycles. The predicted molar refractivity (Wildman–Crippen MR) is 132 cm³/mol. The van der Waals surface area contributed by atoms with Crippen LogP contribution >= 0.6 is 11.3 Å². The van der Waals surface area contributed by atoms with Gasteiger partial charge in [0.25, 0.3) is 5.91 Å². The Bertz CT molecular complexity index is 1550. The average Bonchev–Trinajstić information content (AvgIpc) is 3.59. The van der Waals surface area contributed by atoms with Crippen molar-refractivity contribution in [3.8, 4) is 5.75 Å². The normalized spacial score (nSPS) is 15.6. The van der Waals surface area contributed by atoms with Crippen molar-refractivity contribution in [2.75, 3.05) is 19.1 Å². The number of para-hydroxylation sites is 1. The molecular weight excluding hydrogens is 484 g/mol. The molecule has 0 saturated carbocycles. The van der Waals surface area contributed by atoms with Crippen molar-refractivity contribution in [1.29, 1.82) is 0 Å². The molecule has 1 unspecified atom stereocenters. The van der Waals surface area contributed by atoms with E-state index in [0.29, 0.717) is 38.7 Å². The molecule has 1 amide bonds. The first-order chi connectivity index (χ1) is 17.3. The fourth-order valence-electron chi connectivity index (χ4n) is 4.16. The number of rotatable bonds is 6. The average molecular weight is 505 g/mol. The number of benzene rings is 2. The van der Waals surface area contributed by atoms with Crippen LogP contribution in [0, 0.1) is 6.92 Å². The van der Waals surface area contributed by atoms with E-state index in [0.717, 1.165) is 0 Å². The molecule has 10 heteroatoms. The zero-order valence-electron chi connectivity index (χ0n) is 19.5. The minimum atomic E-state index is -1.00. The van der Waals surface area contributed by atoms with Crippen molar-refractivity contribution in [2.45, 2.75) is 13.0 Å². The molecule has 9 nitrogen and oxygen atoms in total. The SMILES string of the molecule is COC(=O)c1ccc(C2C(C(=O)c3cc4cccc(OC)c4o3)=C(O)C(=O)N2c2nc(C)cs2)cc1. The third-order valence-corrected chi connectivity index (χ3v) is 6.82. The molecule has 2 aromatic carbocycles.